The minimum atomic E-state index is -1.07. The molecule has 0 unspecified atom stereocenters. The second-order valence-corrected chi connectivity index (χ2v) is 5.58. The fraction of sp³-hybridized carbons (Fsp3) is 0.0714. The van der Waals surface area contributed by atoms with Crippen molar-refractivity contribution in [3.8, 4) is 0 Å². The first-order valence-corrected chi connectivity index (χ1v) is 7.10. The number of aromatic nitrogens is 2. The van der Waals surface area contributed by atoms with Crippen molar-refractivity contribution in [2.45, 2.75) is 6.54 Å². The van der Waals surface area contributed by atoms with Gasteiger partial charge in [0.15, 0.2) is 0 Å². The SMILES string of the molecule is O=C(O)c1ccc(C(=O)NCc2nc3ccc(F)cc3[nH]2)s1. The van der Waals surface area contributed by atoms with E-state index in [1.54, 1.807) is 6.07 Å². The Balaban J connectivity index is 1.70. The molecule has 1 aromatic carbocycles. The Labute approximate surface area is 127 Å². The Morgan fingerprint density at radius 1 is 1.27 bits per heavy atom. The first kappa shape index (κ1) is 14.2. The van der Waals surface area contributed by atoms with Gasteiger partial charge in [-0.15, -0.1) is 11.3 Å². The predicted octanol–water partition coefficient (Wildman–Crippen LogP) is 2.39. The van der Waals surface area contributed by atoms with E-state index in [9.17, 15) is 14.0 Å². The molecule has 3 N–H and O–H groups in total. The molecule has 0 saturated carbocycles. The van der Waals surface area contributed by atoms with Gasteiger partial charge in [0, 0.05) is 0 Å². The summed E-state index contributed by atoms with van der Waals surface area (Å²) in [5.74, 6) is -1.33. The van der Waals surface area contributed by atoms with Crippen molar-refractivity contribution in [1.82, 2.24) is 15.3 Å². The molecule has 0 radical (unpaired) electrons. The number of hydrogen-bond acceptors (Lipinski definition) is 4. The third-order valence-corrected chi connectivity index (χ3v) is 4.02. The van der Waals surface area contributed by atoms with Crippen LogP contribution in [-0.4, -0.2) is 27.0 Å². The lowest BCUT2D eigenvalue weighted by Crippen LogP contribution is -2.22. The molecule has 3 aromatic rings. The lowest BCUT2D eigenvalue weighted by molar-refractivity contribution is 0.0702. The van der Waals surface area contributed by atoms with E-state index in [0.717, 1.165) is 11.3 Å². The molecular weight excluding hydrogens is 309 g/mol. The Hall–Kier alpha value is -2.74. The van der Waals surface area contributed by atoms with E-state index < -0.39 is 5.97 Å². The predicted molar refractivity (Wildman–Crippen MR) is 78.5 cm³/mol. The van der Waals surface area contributed by atoms with E-state index in [4.69, 9.17) is 5.11 Å². The monoisotopic (exact) mass is 319 g/mol. The standard InChI is InChI=1S/C14H10FN3O3S/c15-7-1-2-8-9(5-7)18-12(17-8)6-16-13(19)10-3-4-11(22-10)14(20)21/h1-5H,6H2,(H,16,19)(H,17,18)(H,20,21). The van der Waals surface area contributed by atoms with Crippen molar-refractivity contribution < 1.29 is 19.1 Å². The van der Waals surface area contributed by atoms with Gasteiger partial charge >= 0.3 is 5.97 Å². The summed E-state index contributed by atoms with van der Waals surface area (Å²) in [6.07, 6.45) is 0. The number of carboxylic acid groups (broad SMARTS) is 1. The lowest BCUT2D eigenvalue weighted by atomic mass is 10.3. The van der Waals surface area contributed by atoms with Crippen molar-refractivity contribution >= 4 is 34.2 Å². The molecule has 22 heavy (non-hydrogen) atoms. The fourth-order valence-electron chi connectivity index (χ4n) is 1.94. The zero-order valence-electron chi connectivity index (χ0n) is 11.1. The van der Waals surface area contributed by atoms with Gasteiger partial charge in [-0.2, -0.15) is 0 Å². The first-order chi connectivity index (χ1) is 10.5. The Morgan fingerprint density at radius 2 is 2.05 bits per heavy atom. The van der Waals surface area contributed by atoms with Crippen LogP contribution in [0.25, 0.3) is 11.0 Å². The van der Waals surface area contributed by atoms with Crippen molar-refractivity contribution in [1.29, 1.82) is 0 Å². The average Bonchev–Trinajstić information content (AvgIpc) is 3.10. The minimum Gasteiger partial charge on any atom is -0.477 e. The maximum absolute atomic E-state index is 13.1. The first-order valence-electron chi connectivity index (χ1n) is 6.28. The van der Waals surface area contributed by atoms with Crippen LogP contribution in [0.5, 0.6) is 0 Å². The highest BCUT2D eigenvalue weighted by molar-refractivity contribution is 7.15. The molecule has 2 aromatic heterocycles. The minimum absolute atomic E-state index is 0.101. The van der Waals surface area contributed by atoms with Crippen molar-refractivity contribution in [3.63, 3.8) is 0 Å². The summed E-state index contributed by atoms with van der Waals surface area (Å²) in [5, 5.41) is 11.5. The number of halogens is 1. The van der Waals surface area contributed by atoms with E-state index in [0.29, 0.717) is 21.7 Å². The van der Waals surface area contributed by atoms with Crippen LogP contribution in [0.4, 0.5) is 4.39 Å². The molecule has 0 aliphatic rings. The number of aromatic carboxylic acids is 1. The molecule has 112 valence electrons. The smallest absolute Gasteiger partial charge is 0.345 e. The van der Waals surface area contributed by atoms with Crippen molar-refractivity contribution in [3.05, 3.63) is 51.7 Å². The number of H-pyrrole nitrogens is 1. The van der Waals surface area contributed by atoms with Gasteiger partial charge in [-0.25, -0.2) is 14.2 Å². The number of aromatic amines is 1. The number of rotatable bonds is 4. The molecule has 6 nitrogen and oxygen atoms in total. The molecule has 2 heterocycles. The highest BCUT2D eigenvalue weighted by Crippen LogP contribution is 2.17. The Bertz CT molecular complexity index is 871. The largest absolute Gasteiger partial charge is 0.477 e. The van der Waals surface area contributed by atoms with E-state index in [1.165, 1.54) is 24.3 Å². The summed E-state index contributed by atoms with van der Waals surface area (Å²) in [6, 6.07) is 7.02. The maximum Gasteiger partial charge on any atom is 0.345 e. The topological polar surface area (TPSA) is 95.1 Å². The number of imidazole rings is 1. The average molecular weight is 319 g/mol. The summed E-state index contributed by atoms with van der Waals surface area (Å²) >= 11 is 0.899. The molecule has 1 amide bonds. The Kier molecular flexibility index (Phi) is 3.60. The zero-order chi connectivity index (χ0) is 15.7. The number of carbonyl (C=O) groups is 2. The molecule has 3 rings (SSSR count). The number of thiophene rings is 1. The van der Waals surface area contributed by atoms with E-state index in [-0.39, 0.29) is 23.1 Å². The third-order valence-electron chi connectivity index (χ3n) is 2.95. The lowest BCUT2D eigenvalue weighted by Gasteiger charge is -2.00. The number of nitrogens with zero attached hydrogens (tertiary/aromatic N) is 1. The Morgan fingerprint density at radius 3 is 2.77 bits per heavy atom. The van der Waals surface area contributed by atoms with Crippen LogP contribution < -0.4 is 5.32 Å². The van der Waals surface area contributed by atoms with E-state index in [2.05, 4.69) is 15.3 Å². The van der Waals surface area contributed by atoms with Crippen LogP contribution in [0.2, 0.25) is 0 Å². The molecule has 0 spiro atoms. The number of nitrogens with one attached hydrogen (secondary N) is 2. The summed E-state index contributed by atoms with van der Waals surface area (Å²) < 4.78 is 13.1. The number of hydrogen-bond donors (Lipinski definition) is 3. The molecule has 0 bridgehead atoms. The van der Waals surface area contributed by atoms with E-state index in [1.807, 2.05) is 0 Å². The molecule has 8 heteroatoms. The summed E-state index contributed by atoms with van der Waals surface area (Å²) in [5.41, 5.74) is 1.16. The summed E-state index contributed by atoms with van der Waals surface area (Å²) in [4.78, 5) is 30.2. The van der Waals surface area contributed by atoms with Gasteiger partial charge in [0.1, 0.15) is 16.5 Å². The molecular formula is C14H10FN3O3S. The zero-order valence-corrected chi connectivity index (χ0v) is 11.9. The van der Waals surface area contributed by atoms with Gasteiger partial charge in [0.05, 0.1) is 22.5 Å². The van der Waals surface area contributed by atoms with Crippen LogP contribution >= 0.6 is 11.3 Å². The normalized spacial score (nSPS) is 10.8. The second kappa shape index (κ2) is 5.57. The summed E-state index contributed by atoms with van der Waals surface area (Å²) in [7, 11) is 0. The molecule has 0 fully saturated rings. The summed E-state index contributed by atoms with van der Waals surface area (Å²) in [6.45, 7) is 0.134. The highest BCUT2D eigenvalue weighted by Gasteiger charge is 2.13. The van der Waals surface area contributed by atoms with Crippen molar-refractivity contribution in [2.24, 2.45) is 0 Å². The number of carbonyl (C=O) groups excluding carboxylic acids is 1. The van der Waals surface area contributed by atoms with Crippen LogP contribution in [0.1, 0.15) is 25.2 Å². The second-order valence-electron chi connectivity index (χ2n) is 4.50. The van der Waals surface area contributed by atoms with Gasteiger partial charge in [0.2, 0.25) is 0 Å². The highest BCUT2D eigenvalue weighted by atomic mass is 32.1. The van der Waals surface area contributed by atoms with Crippen LogP contribution in [0.15, 0.2) is 30.3 Å². The van der Waals surface area contributed by atoms with Gasteiger partial charge < -0.3 is 15.4 Å². The van der Waals surface area contributed by atoms with Crippen LogP contribution in [0.3, 0.4) is 0 Å². The van der Waals surface area contributed by atoms with Gasteiger partial charge in [-0.1, -0.05) is 0 Å². The number of carboxylic acids is 1. The molecule has 0 aliphatic heterocycles. The quantitative estimate of drug-likeness (QED) is 0.688. The van der Waals surface area contributed by atoms with Crippen molar-refractivity contribution in [2.75, 3.05) is 0 Å². The maximum atomic E-state index is 13.1. The fourth-order valence-corrected chi connectivity index (χ4v) is 2.71. The van der Waals surface area contributed by atoms with E-state index >= 15 is 0 Å². The third kappa shape index (κ3) is 2.82. The number of benzene rings is 1. The van der Waals surface area contributed by atoms with Crippen LogP contribution in [0, 0.1) is 5.82 Å². The van der Waals surface area contributed by atoms with Gasteiger partial charge in [-0.3, -0.25) is 4.79 Å². The number of amides is 1. The van der Waals surface area contributed by atoms with Gasteiger partial charge in [-0.05, 0) is 30.3 Å². The van der Waals surface area contributed by atoms with Gasteiger partial charge in [0.25, 0.3) is 5.91 Å². The molecule has 0 saturated heterocycles. The molecule has 0 atom stereocenters. The number of fused-ring (bicyclic) bond motifs is 1. The van der Waals surface area contributed by atoms with Crippen LogP contribution in [-0.2, 0) is 6.54 Å². The molecule has 0 aliphatic carbocycles.